The minimum absolute atomic E-state index is 0.133. The zero-order valence-electron chi connectivity index (χ0n) is 19.7. The highest BCUT2D eigenvalue weighted by Gasteiger charge is 2.43. The Morgan fingerprint density at radius 2 is 1.21 bits per heavy atom. The van der Waals surface area contributed by atoms with Gasteiger partial charge in [-0.15, -0.1) is 0 Å². The van der Waals surface area contributed by atoms with Gasteiger partial charge in [0.05, 0.1) is 11.7 Å². The highest BCUT2D eigenvalue weighted by molar-refractivity contribution is 5.66. The molecule has 0 radical (unpaired) electrons. The summed E-state index contributed by atoms with van der Waals surface area (Å²) in [6, 6.07) is 1.68. The first-order valence-electron chi connectivity index (χ1n) is 11.3. The maximum Gasteiger partial charge on any atom is 0.432 e. The zero-order valence-corrected chi connectivity index (χ0v) is 19.7. The molecule has 0 saturated carbocycles. The van der Waals surface area contributed by atoms with E-state index in [2.05, 4.69) is 4.74 Å². The second kappa shape index (κ2) is 10.3. The van der Waals surface area contributed by atoms with E-state index in [0.717, 1.165) is 18.6 Å². The van der Waals surface area contributed by atoms with E-state index in [4.69, 9.17) is 4.74 Å². The van der Waals surface area contributed by atoms with E-state index in [-0.39, 0.29) is 35.7 Å². The molecule has 2 unspecified atom stereocenters. The Morgan fingerprint density at radius 3 is 1.67 bits per heavy atom. The molecule has 0 N–H and O–H groups in total. The molecule has 1 saturated heterocycles. The van der Waals surface area contributed by atoms with Crippen molar-refractivity contribution in [1.82, 2.24) is 0 Å². The smallest absolute Gasteiger partial charge is 0.429 e. The van der Waals surface area contributed by atoms with Crippen LogP contribution in [0.25, 0.3) is 11.1 Å². The highest BCUT2D eigenvalue weighted by Crippen LogP contribution is 2.41. The van der Waals surface area contributed by atoms with E-state index in [9.17, 15) is 48.3 Å². The maximum atomic E-state index is 14.8. The average Bonchev–Trinajstić information content (AvgIpc) is 2.76. The Morgan fingerprint density at radius 1 is 0.692 bits per heavy atom. The third kappa shape index (κ3) is 5.82. The molecule has 1 aliphatic heterocycles. The van der Waals surface area contributed by atoms with Crippen molar-refractivity contribution in [1.29, 1.82) is 0 Å². The predicted octanol–water partition coefficient (Wildman–Crippen LogP) is 8.82. The second-order valence-electron chi connectivity index (χ2n) is 9.06. The minimum atomic E-state index is -5.51. The molecule has 4 rings (SSSR count). The highest BCUT2D eigenvalue weighted by atomic mass is 19.4. The monoisotopic (exact) mass is 570 g/mol. The number of hydrogen-bond acceptors (Lipinski definition) is 2. The first-order chi connectivity index (χ1) is 18.1. The van der Waals surface area contributed by atoms with Crippen molar-refractivity contribution < 1.29 is 57.8 Å². The summed E-state index contributed by atoms with van der Waals surface area (Å²) >= 11 is 0. The molecule has 0 amide bonds. The van der Waals surface area contributed by atoms with Gasteiger partial charge in [0, 0.05) is 18.7 Å². The van der Waals surface area contributed by atoms with Crippen LogP contribution in [0.15, 0.2) is 36.4 Å². The summed E-state index contributed by atoms with van der Waals surface area (Å²) in [5.41, 5.74) is -6.10. The molecule has 0 spiro atoms. The summed E-state index contributed by atoms with van der Waals surface area (Å²) in [5.74, 6) is -12.5. The van der Waals surface area contributed by atoms with E-state index in [0.29, 0.717) is 13.0 Å². The first-order valence-corrected chi connectivity index (χ1v) is 11.3. The Bertz CT molecular complexity index is 1320. The molecule has 2 nitrogen and oxygen atoms in total. The lowest BCUT2D eigenvalue weighted by Crippen LogP contribution is -2.25. The number of benzene rings is 3. The van der Waals surface area contributed by atoms with Crippen LogP contribution >= 0.6 is 0 Å². The SMILES string of the molecule is CC1CCC(c2cc(F)c(-c3cc(F)c(C(F)(F)Oc4cc(F)c(C(F)(F)F)c(F)c4)c(F)c3)c(F)c2)OC1. The number of hydrogen-bond donors (Lipinski definition) is 0. The molecule has 1 fully saturated rings. The Labute approximate surface area is 214 Å². The molecule has 1 aliphatic rings. The van der Waals surface area contributed by atoms with Crippen molar-refractivity contribution in [2.75, 3.05) is 6.61 Å². The van der Waals surface area contributed by atoms with Gasteiger partial charge in [0.2, 0.25) is 0 Å². The van der Waals surface area contributed by atoms with Crippen molar-refractivity contribution in [2.24, 2.45) is 5.92 Å². The van der Waals surface area contributed by atoms with Crippen molar-refractivity contribution in [3.05, 3.63) is 88.0 Å². The van der Waals surface area contributed by atoms with Crippen LogP contribution in [0.1, 0.15) is 42.6 Å². The van der Waals surface area contributed by atoms with Crippen molar-refractivity contribution in [3.63, 3.8) is 0 Å². The molecule has 0 bridgehead atoms. The lowest BCUT2D eigenvalue weighted by Gasteiger charge is -2.27. The second-order valence-corrected chi connectivity index (χ2v) is 9.06. The van der Waals surface area contributed by atoms with Gasteiger partial charge in [0.25, 0.3) is 0 Å². The first kappa shape index (κ1) is 28.7. The average molecular weight is 570 g/mol. The number of alkyl halides is 5. The third-order valence-electron chi connectivity index (χ3n) is 6.11. The number of ether oxygens (including phenoxy) is 2. The normalized spacial score (nSPS) is 18.4. The lowest BCUT2D eigenvalue weighted by molar-refractivity contribution is -0.189. The number of rotatable bonds is 5. The lowest BCUT2D eigenvalue weighted by atomic mass is 9.93. The summed E-state index contributed by atoms with van der Waals surface area (Å²) in [6.07, 6.45) is -9.93. The van der Waals surface area contributed by atoms with Crippen LogP contribution in [0.2, 0.25) is 0 Å². The standard InChI is InChI=1S/C26H17F11O2/c1-11-2-3-21(38-10-11)12-4-15(27)22(16(28)5-12)13-6-17(29)24(18(30)7-13)26(36,37)39-14-8-19(31)23(20(32)9-14)25(33,34)35/h4-9,11,21H,2-3,10H2,1H3. The van der Waals surface area contributed by atoms with Crippen LogP contribution < -0.4 is 4.74 Å². The molecule has 3 aromatic rings. The Hall–Kier alpha value is -3.35. The van der Waals surface area contributed by atoms with E-state index in [1.807, 2.05) is 6.92 Å². The maximum absolute atomic E-state index is 14.8. The topological polar surface area (TPSA) is 18.5 Å². The molecule has 13 heteroatoms. The molecular formula is C26H17F11O2. The summed E-state index contributed by atoms with van der Waals surface area (Å²) < 4.78 is 163. The van der Waals surface area contributed by atoms with E-state index < -0.39 is 81.3 Å². The molecule has 210 valence electrons. The van der Waals surface area contributed by atoms with Crippen LogP contribution in [0.4, 0.5) is 48.3 Å². The molecule has 2 atom stereocenters. The van der Waals surface area contributed by atoms with E-state index in [1.54, 1.807) is 0 Å². The summed E-state index contributed by atoms with van der Waals surface area (Å²) in [6.45, 7) is 2.29. The van der Waals surface area contributed by atoms with Crippen LogP contribution in [-0.2, 0) is 17.0 Å². The van der Waals surface area contributed by atoms with Crippen molar-refractivity contribution >= 4 is 0 Å². The third-order valence-corrected chi connectivity index (χ3v) is 6.11. The van der Waals surface area contributed by atoms with Gasteiger partial charge >= 0.3 is 12.3 Å². The zero-order chi connectivity index (χ0) is 28.9. The van der Waals surface area contributed by atoms with Crippen LogP contribution in [0.3, 0.4) is 0 Å². The molecule has 0 aromatic heterocycles. The van der Waals surface area contributed by atoms with Gasteiger partial charge in [-0.25, -0.2) is 26.3 Å². The molecule has 1 heterocycles. The van der Waals surface area contributed by atoms with Gasteiger partial charge in [0.1, 0.15) is 51.8 Å². The minimum Gasteiger partial charge on any atom is -0.429 e. The molecular weight excluding hydrogens is 553 g/mol. The van der Waals surface area contributed by atoms with Gasteiger partial charge in [-0.2, -0.15) is 22.0 Å². The molecule has 0 aliphatic carbocycles. The van der Waals surface area contributed by atoms with Crippen LogP contribution in [-0.4, -0.2) is 6.61 Å². The van der Waals surface area contributed by atoms with Gasteiger partial charge in [-0.1, -0.05) is 6.92 Å². The summed E-state index contributed by atoms with van der Waals surface area (Å²) in [7, 11) is 0. The van der Waals surface area contributed by atoms with Crippen LogP contribution in [0, 0.1) is 40.8 Å². The summed E-state index contributed by atoms with van der Waals surface area (Å²) in [4.78, 5) is 0. The molecule has 3 aromatic carbocycles. The van der Waals surface area contributed by atoms with Gasteiger partial charge in [-0.3, -0.25) is 0 Å². The fourth-order valence-corrected chi connectivity index (χ4v) is 4.27. The number of halogens is 11. The van der Waals surface area contributed by atoms with Gasteiger partial charge < -0.3 is 9.47 Å². The molecule has 39 heavy (non-hydrogen) atoms. The largest absolute Gasteiger partial charge is 0.432 e. The van der Waals surface area contributed by atoms with E-state index >= 15 is 0 Å². The Kier molecular flexibility index (Phi) is 7.58. The predicted molar refractivity (Wildman–Crippen MR) is 115 cm³/mol. The van der Waals surface area contributed by atoms with Gasteiger partial charge in [-0.05, 0) is 54.2 Å². The summed E-state index contributed by atoms with van der Waals surface area (Å²) in [5, 5.41) is 0. The van der Waals surface area contributed by atoms with Gasteiger partial charge in [0.15, 0.2) is 0 Å². The fourth-order valence-electron chi connectivity index (χ4n) is 4.27. The van der Waals surface area contributed by atoms with Crippen LogP contribution in [0.5, 0.6) is 5.75 Å². The van der Waals surface area contributed by atoms with Crippen molar-refractivity contribution in [2.45, 2.75) is 38.2 Å². The quantitative estimate of drug-likeness (QED) is 0.286. The Balaban J connectivity index is 1.66. The van der Waals surface area contributed by atoms with E-state index in [1.165, 1.54) is 0 Å². The van der Waals surface area contributed by atoms with Crippen molar-refractivity contribution in [3.8, 4) is 16.9 Å². The fraction of sp³-hybridized carbons (Fsp3) is 0.308.